The van der Waals surface area contributed by atoms with Crippen LogP contribution >= 0.6 is 0 Å². The molecule has 0 bridgehead atoms. The van der Waals surface area contributed by atoms with Crippen LogP contribution in [0.15, 0.2) is 66.7 Å². The van der Waals surface area contributed by atoms with Gasteiger partial charge in [-0.2, -0.15) is 0 Å². The largest absolute Gasteiger partial charge is 0.478 e. The molecule has 0 aliphatic heterocycles. The Morgan fingerprint density at radius 1 is 0.737 bits per heavy atom. The molecule has 2 nitrogen and oxygen atoms in total. The zero-order valence-corrected chi connectivity index (χ0v) is 10.2. The van der Waals surface area contributed by atoms with Crippen molar-refractivity contribution >= 4 is 16.7 Å². The normalized spacial score (nSPS) is 10.5. The van der Waals surface area contributed by atoms with E-state index in [1.165, 1.54) is 0 Å². The number of carboxylic acid groups (broad SMARTS) is 1. The van der Waals surface area contributed by atoms with E-state index < -0.39 is 5.97 Å². The van der Waals surface area contributed by atoms with Crippen LogP contribution in [0.4, 0.5) is 0 Å². The van der Waals surface area contributed by atoms with E-state index >= 15 is 0 Å². The molecule has 0 amide bonds. The van der Waals surface area contributed by atoms with E-state index in [1.54, 1.807) is 6.07 Å². The summed E-state index contributed by atoms with van der Waals surface area (Å²) in [4.78, 5) is 11.3. The van der Waals surface area contributed by atoms with Gasteiger partial charge in [-0.05, 0) is 28.0 Å². The van der Waals surface area contributed by atoms with E-state index in [4.69, 9.17) is 0 Å². The molecule has 0 atom stereocenters. The van der Waals surface area contributed by atoms with Gasteiger partial charge in [0.2, 0.25) is 0 Å². The van der Waals surface area contributed by atoms with Crippen LogP contribution in [0, 0.1) is 0 Å². The SMILES string of the molecule is O=C(O)c1ccc(-c2ccccc2)c2ccccc12. The molecule has 0 saturated carbocycles. The second-order valence-electron chi connectivity index (χ2n) is 4.38. The van der Waals surface area contributed by atoms with Gasteiger partial charge >= 0.3 is 5.97 Å². The van der Waals surface area contributed by atoms with Crippen molar-refractivity contribution in [3.63, 3.8) is 0 Å². The van der Waals surface area contributed by atoms with Crippen LogP contribution in [0.3, 0.4) is 0 Å². The fraction of sp³-hybridized carbons (Fsp3) is 0. The molecule has 0 radical (unpaired) electrons. The summed E-state index contributed by atoms with van der Waals surface area (Å²) in [6.45, 7) is 0. The van der Waals surface area contributed by atoms with Crippen molar-refractivity contribution < 1.29 is 9.90 Å². The highest BCUT2D eigenvalue weighted by Crippen LogP contribution is 2.30. The molecular weight excluding hydrogens is 236 g/mol. The first-order valence-corrected chi connectivity index (χ1v) is 6.08. The molecular formula is C17H12O2. The summed E-state index contributed by atoms with van der Waals surface area (Å²) in [5.74, 6) is -0.893. The van der Waals surface area contributed by atoms with Crippen LogP contribution in [-0.4, -0.2) is 11.1 Å². The highest BCUT2D eigenvalue weighted by atomic mass is 16.4. The van der Waals surface area contributed by atoms with Gasteiger partial charge in [0.05, 0.1) is 5.56 Å². The highest BCUT2D eigenvalue weighted by molar-refractivity contribution is 6.08. The Morgan fingerprint density at radius 3 is 2.05 bits per heavy atom. The Morgan fingerprint density at radius 2 is 1.37 bits per heavy atom. The van der Waals surface area contributed by atoms with E-state index in [0.29, 0.717) is 5.56 Å². The molecule has 0 aliphatic rings. The predicted molar refractivity (Wildman–Crippen MR) is 76.3 cm³/mol. The zero-order valence-electron chi connectivity index (χ0n) is 10.2. The van der Waals surface area contributed by atoms with Crippen LogP contribution in [-0.2, 0) is 0 Å². The lowest BCUT2D eigenvalue weighted by atomic mass is 9.95. The fourth-order valence-electron chi connectivity index (χ4n) is 2.36. The second kappa shape index (κ2) is 4.58. The van der Waals surface area contributed by atoms with Gasteiger partial charge in [-0.1, -0.05) is 60.7 Å². The Hall–Kier alpha value is -2.61. The number of rotatable bonds is 2. The Kier molecular flexibility index (Phi) is 2.76. The first-order valence-electron chi connectivity index (χ1n) is 6.08. The van der Waals surface area contributed by atoms with Crippen molar-refractivity contribution in [3.05, 3.63) is 72.3 Å². The van der Waals surface area contributed by atoms with Gasteiger partial charge in [0, 0.05) is 0 Å². The van der Waals surface area contributed by atoms with E-state index in [0.717, 1.165) is 21.9 Å². The summed E-state index contributed by atoms with van der Waals surface area (Å²) in [5.41, 5.74) is 2.49. The van der Waals surface area contributed by atoms with Gasteiger partial charge in [-0.3, -0.25) is 0 Å². The number of carboxylic acids is 1. The maximum Gasteiger partial charge on any atom is 0.336 e. The lowest BCUT2D eigenvalue weighted by Gasteiger charge is -2.09. The molecule has 0 aromatic heterocycles. The maximum atomic E-state index is 11.3. The molecule has 0 aliphatic carbocycles. The number of hydrogen-bond donors (Lipinski definition) is 1. The molecule has 0 spiro atoms. The van der Waals surface area contributed by atoms with Crippen LogP contribution in [0.1, 0.15) is 10.4 Å². The topological polar surface area (TPSA) is 37.3 Å². The molecule has 3 aromatic carbocycles. The third-order valence-corrected chi connectivity index (χ3v) is 3.24. The zero-order chi connectivity index (χ0) is 13.2. The van der Waals surface area contributed by atoms with Gasteiger partial charge in [-0.15, -0.1) is 0 Å². The van der Waals surface area contributed by atoms with Gasteiger partial charge < -0.3 is 5.11 Å². The summed E-state index contributed by atoms with van der Waals surface area (Å²) in [6, 6.07) is 21.2. The average molecular weight is 248 g/mol. The summed E-state index contributed by atoms with van der Waals surface area (Å²) >= 11 is 0. The van der Waals surface area contributed by atoms with Crippen molar-refractivity contribution in [3.8, 4) is 11.1 Å². The van der Waals surface area contributed by atoms with Crippen LogP contribution in [0.5, 0.6) is 0 Å². The molecule has 3 rings (SSSR count). The molecule has 0 heterocycles. The molecule has 0 fully saturated rings. The van der Waals surface area contributed by atoms with Crippen LogP contribution in [0.2, 0.25) is 0 Å². The summed E-state index contributed by atoms with van der Waals surface area (Å²) in [7, 11) is 0. The number of fused-ring (bicyclic) bond motifs is 1. The average Bonchev–Trinajstić information content (AvgIpc) is 2.47. The minimum absolute atomic E-state index is 0.343. The molecule has 92 valence electrons. The number of carbonyl (C=O) groups is 1. The number of benzene rings is 3. The predicted octanol–water partition coefficient (Wildman–Crippen LogP) is 4.21. The van der Waals surface area contributed by atoms with E-state index in [-0.39, 0.29) is 0 Å². The molecule has 0 unspecified atom stereocenters. The fourth-order valence-corrected chi connectivity index (χ4v) is 2.36. The molecule has 19 heavy (non-hydrogen) atoms. The maximum absolute atomic E-state index is 11.3. The number of aromatic carboxylic acids is 1. The summed E-state index contributed by atoms with van der Waals surface area (Å²) in [6.07, 6.45) is 0. The lowest BCUT2D eigenvalue weighted by molar-refractivity contribution is 0.0699. The summed E-state index contributed by atoms with van der Waals surface area (Å²) < 4.78 is 0. The Balaban J connectivity index is 2.35. The molecule has 3 aromatic rings. The Bertz CT molecular complexity index is 746. The smallest absolute Gasteiger partial charge is 0.336 e. The van der Waals surface area contributed by atoms with Crippen molar-refractivity contribution in [2.45, 2.75) is 0 Å². The van der Waals surface area contributed by atoms with Crippen LogP contribution < -0.4 is 0 Å². The minimum atomic E-state index is -0.893. The second-order valence-corrected chi connectivity index (χ2v) is 4.38. The lowest BCUT2D eigenvalue weighted by Crippen LogP contribution is -1.97. The molecule has 0 saturated heterocycles. The highest BCUT2D eigenvalue weighted by Gasteiger charge is 2.11. The van der Waals surface area contributed by atoms with Gasteiger partial charge in [0.1, 0.15) is 0 Å². The van der Waals surface area contributed by atoms with E-state index in [1.807, 2.05) is 60.7 Å². The quantitative estimate of drug-likeness (QED) is 0.737. The van der Waals surface area contributed by atoms with Gasteiger partial charge in [-0.25, -0.2) is 4.79 Å². The van der Waals surface area contributed by atoms with Gasteiger partial charge in [0.25, 0.3) is 0 Å². The monoisotopic (exact) mass is 248 g/mol. The summed E-state index contributed by atoms with van der Waals surface area (Å²) in [5, 5.41) is 11.0. The standard InChI is InChI=1S/C17H12O2/c18-17(19)16-11-10-13(12-6-2-1-3-7-12)14-8-4-5-9-15(14)16/h1-11H,(H,18,19). The van der Waals surface area contributed by atoms with Crippen molar-refractivity contribution in [1.82, 2.24) is 0 Å². The van der Waals surface area contributed by atoms with E-state index in [9.17, 15) is 9.90 Å². The van der Waals surface area contributed by atoms with Crippen LogP contribution in [0.25, 0.3) is 21.9 Å². The first kappa shape index (κ1) is 11.5. The Labute approximate surface area is 110 Å². The molecule has 2 heteroatoms. The van der Waals surface area contributed by atoms with Crippen molar-refractivity contribution in [2.24, 2.45) is 0 Å². The molecule has 1 N–H and O–H groups in total. The third kappa shape index (κ3) is 1.97. The van der Waals surface area contributed by atoms with Crippen molar-refractivity contribution in [1.29, 1.82) is 0 Å². The first-order chi connectivity index (χ1) is 9.27. The third-order valence-electron chi connectivity index (χ3n) is 3.24. The number of hydrogen-bond acceptors (Lipinski definition) is 1. The van der Waals surface area contributed by atoms with E-state index in [2.05, 4.69) is 0 Å². The van der Waals surface area contributed by atoms with Gasteiger partial charge in [0.15, 0.2) is 0 Å². The van der Waals surface area contributed by atoms with Crippen molar-refractivity contribution in [2.75, 3.05) is 0 Å². The minimum Gasteiger partial charge on any atom is -0.478 e.